The Labute approximate surface area is 207 Å². The maximum absolute atomic E-state index is 13.3. The van der Waals surface area contributed by atoms with Crippen LogP contribution in [0.3, 0.4) is 0 Å². The number of carbonyl (C=O) groups excluding carboxylic acids is 2. The van der Waals surface area contributed by atoms with Crippen LogP contribution in [0.1, 0.15) is 40.3 Å². The van der Waals surface area contributed by atoms with Crippen molar-refractivity contribution in [3.05, 3.63) is 93.8 Å². The number of fused-ring (bicyclic) bond motifs is 1. The summed E-state index contributed by atoms with van der Waals surface area (Å²) in [6, 6.07) is 18.3. The van der Waals surface area contributed by atoms with E-state index in [2.05, 4.69) is 10.6 Å². The molecule has 2 N–H and O–H groups in total. The van der Waals surface area contributed by atoms with Crippen LogP contribution in [0.4, 0.5) is 11.4 Å². The molecule has 0 unspecified atom stereocenters. The molecule has 0 atom stereocenters. The van der Waals surface area contributed by atoms with Gasteiger partial charge in [-0.2, -0.15) is 0 Å². The molecule has 1 aromatic heterocycles. The van der Waals surface area contributed by atoms with Crippen LogP contribution in [0.15, 0.2) is 75.9 Å². The van der Waals surface area contributed by atoms with Crippen LogP contribution in [0, 0.1) is 0 Å². The molecule has 1 heterocycles. The van der Waals surface area contributed by atoms with Crippen LogP contribution < -0.4 is 25.5 Å². The van der Waals surface area contributed by atoms with Crippen LogP contribution in [-0.4, -0.2) is 25.5 Å². The van der Waals surface area contributed by atoms with Gasteiger partial charge in [0.1, 0.15) is 5.58 Å². The van der Waals surface area contributed by atoms with Crippen LogP contribution in [0.25, 0.3) is 11.0 Å². The summed E-state index contributed by atoms with van der Waals surface area (Å²) in [6.07, 6.45) is 0.880. The molecule has 3 aromatic carbocycles. The summed E-state index contributed by atoms with van der Waals surface area (Å²) >= 11 is 0. The molecule has 0 saturated heterocycles. The molecule has 0 bridgehead atoms. The minimum absolute atomic E-state index is 0.148. The summed E-state index contributed by atoms with van der Waals surface area (Å²) in [7, 11) is 1.46. The third-order valence-corrected chi connectivity index (χ3v) is 5.57. The SMILES string of the molecule is CCOc1cc(C(=O)Nc2ccc(CC)cc2)c(NC(=O)c2cc(=O)c3ccccc3o2)cc1OC. The Bertz CT molecular complexity index is 1470. The number of anilines is 2. The lowest BCUT2D eigenvalue weighted by molar-refractivity contribution is 0.0997. The molecule has 0 spiro atoms. The van der Waals surface area contributed by atoms with E-state index in [0.29, 0.717) is 29.2 Å². The molecule has 0 radical (unpaired) electrons. The smallest absolute Gasteiger partial charge is 0.291 e. The maximum Gasteiger partial charge on any atom is 0.291 e. The lowest BCUT2D eigenvalue weighted by Gasteiger charge is -2.16. The molecule has 4 rings (SSSR count). The zero-order valence-electron chi connectivity index (χ0n) is 20.2. The third-order valence-electron chi connectivity index (χ3n) is 5.57. The predicted octanol–water partition coefficient (Wildman–Crippen LogP) is 5.27. The second-order valence-electron chi connectivity index (χ2n) is 7.91. The highest BCUT2D eigenvalue weighted by molar-refractivity contribution is 6.12. The van der Waals surface area contributed by atoms with Crippen molar-refractivity contribution in [1.29, 1.82) is 0 Å². The first-order chi connectivity index (χ1) is 17.4. The fraction of sp³-hybridized carbons (Fsp3) is 0.179. The van der Waals surface area contributed by atoms with E-state index in [9.17, 15) is 14.4 Å². The zero-order chi connectivity index (χ0) is 25.7. The number of amides is 2. The van der Waals surface area contributed by atoms with Gasteiger partial charge < -0.3 is 24.5 Å². The molecule has 184 valence electrons. The van der Waals surface area contributed by atoms with E-state index in [-0.39, 0.29) is 28.0 Å². The largest absolute Gasteiger partial charge is 0.493 e. The number of hydrogen-bond acceptors (Lipinski definition) is 6. The van der Waals surface area contributed by atoms with E-state index in [0.717, 1.165) is 18.1 Å². The van der Waals surface area contributed by atoms with Gasteiger partial charge in [0.15, 0.2) is 22.7 Å². The molecule has 0 aliphatic rings. The Hall–Kier alpha value is -4.59. The van der Waals surface area contributed by atoms with E-state index >= 15 is 0 Å². The highest BCUT2D eigenvalue weighted by atomic mass is 16.5. The average Bonchev–Trinajstić information content (AvgIpc) is 2.89. The molecule has 2 amide bonds. The first kappa shape index (κ1) is 24.5. The third kappa shape index (κ3) is 5.22. The highest BCUT2D eigenvalue weighted by Crippen LogP contribution is 2.34. The van der Waals surface area contributed by atoms with Gasteiger partial charge in [0.05, 0.1) is 30.4 Å². The van der Waals surface area contributed by atoms with Crippen LogP contribution >= 0.6 is 0 Å². The molecular weight excluding hydrogens is 460 g/mol. The number of rotatable bonds is 8. The van der Waals surface area contributed by atoms with Crippen molar-refractivity contribution in [3.63, 3.8) is 0 Å². The standard InChI is InChI=1S/C28H26N2O6/c1-4-17-10-12-18(13-11-17)29-27(32)20-14-25(35-5-2)24(34-3)15-21(20)30-28(33)26-16-22(31)19-8-6-7-9-23(19)36-26/h6-16H,4-5H2,1-3H3,(H,29,32)(H,30,33). The van der Waals surface area contributed by atoms with Crippen molar-refractivity contribution < 1.29 is 23.5 Å². The minimum Gasteiger partial charge on any atom is -0.493 e. The molecule has 0 fully saturated rings. The number of aryl methyl sites for hydroxylation is 1. The van der Waals surface area contributed by atoms with E-state index in [1.165, 1.54) is 19.2 Å². The summed E-state index contributed by atoms with van der Waals surface area (Å²) in [5.41, 5.74) is 1.99. The molecule has 4 aromatic rings. The number of nitrogens with one attached hydrogen (secondary N) is 2. The van der Waals surface area contributed by atoms with Gasteiger partial charge in [0.25, 0.3) is 11.8 Å². The predicted molar refractivity (Wildman–Crippen MR) is 138 cm³/mol. The molecule has 0 aliphatic carbocycles. The Morgan fingerprint density at radius 2 is 1.64 bits per heavy atom. The van der Waals surface area contributed by atoms with E-state index < -0.39 is 11.8 Å². The van der Waals surface area contributed by atoms with Gasteiger partial charge in [-0.25, -0.2) is 0 Å². The van der Waals surface area contributed by atoms with Crippen molar-refractivity contribution in [1.82, 2.24) is 0 Å². The van der Waals surface area contributed by atoms with Crippen molar-refractivity contribution in [2.45, 2.75) is 20.3 Å². The zero-order valence-corrected chi connectivity index (χ0v) is 20.2. The topological polar surface area (TPSA) is 107 Å². The summed E-state index contributed by atoms with van der Waals surface area (Å²) in [6.45, 7) is 4.21. The van der Waals surface area contributed by atoms with E-state index in [1.807, 2.05) is 38.1 Å². The van der Waals surface area contributed by atoms with E-state index in [4.69, 9.17) is 13.9 Å². The van der Waals surface area contributed by atoms with Gasteiger partial charge in [-0.1, -0.05) is 31.2 Å². The Morgan fingerprint density at radius 1 is 0.889 bits per heavy atom. The molecular formula is C28H26N2O6. The van der Waals surface area contributed by atoms with E-state index in [1.54, 1.807) is 24.3 Å². The lowest BCUT2D eigenvalue weighted by atomic mass is 10.1. The second-order valence-corrected chi connectivity index (χ2v) is 7.91. The van der Waals surface area contributed by atoms with Crippen molar-refractivity contribution >= 4 is 34.2 Å². The quantitative estimate of drug-likeness (QED) is 0.352. The van der Waals surface area contributed by atoms with Gasteiger partial charge in [-0.3, -0.25) is 14.4 Å². The molecule has 36 heavy (non-hydrogen) atoms. The number of carbonyl (C=O) groups is 2. The van der Waals surface area contributed by atoms with Crippen molar-refractivity contribution in [3.8, 4) is 11.5 Å². The fourth-order valence-corrected chi connectivity index (χ4v) is 3.70. The Kier molecular flexibility index (Phi) is 7.34. The summed E-state index contributed by atoms with van der Waals surface area (Å²) < 4.78 is 16.7. The van der Waals surface area contributed by atoms with Gasteiger partial charge in [0.2, 0.25) is 0 Å². The van der Waals surface area contributed by atoms with Gasteiger partial charge in [-0.05, 0) is 49.2 Å². The van der Waals surface area contributed by atoms with Crippen LogP contribution in [0.2, 0.25) is 0 Å². The van der Waals surface area contributed by atoms with Gasteiger partial charge in [0, 0.05) is 17.8 Å². The molecule has 8 heteroatoms. The first-order valence-corrected chi connectivity index (χ1v) is 11.5. The molecule has 0 aliphatic heterocycles. The number of para-hydroxylation sites is 1. The molecule has 8 nitrogen and oxygen atoms in total. The number of benzene rings is 3. The number of hydrogen-bond donors (Lipinski definition) is 2. The highest BCUT2D eigenvalue weighted by Gasteiger charge is 2.21. The molecule has 0 saturated carbocycles. The lowest BCUT2D eigenvalue weighted by Crippen LogP contribution is -2.20. The van der Waals surface area contributed by atoms with Gasteiger partial charge >= 0.3 is 0 Å². The second kappa shape index (κ2) is 10.8. The average molecular weight is 487 g/mol. The van der Waals surface area contributed by atoms with Gasteiger partial charge in [-0.15, -0.1) is 0 Å². The minimum atomic E-state index is -0.689. The maximum atomic E-state index is 13.3. The summed E-state index contributed by atoms with van der Waals surface area (Å²) in [5, 5.41) is 5.89. The summed E-state index contributed by atoms with van der Waals surface area (Å²) in [4.78, 5) is 38.8. The first-order valence-electron chi connectivity index (χ1n) is 11.5. The van der Waals surface area contributed by atoms with Crippen molar-refractivity contribution in [2.24, 2.45) is 0 Å². The Morgan fingerprint density at radius 3 is 2.33 bits per heavy atom. The number of methoxy groups -OCH3 is 1. The van der Waals surface area contributed by atoms with Crippen LogP contribution in [-0.2, 0) is 6.42 Å². The fourth-order valence-electron chi connectivity index (χ4n) is 3.70. The van der Waals surface area contributed by atoms with Crippen LogP contribution in [0.5, 0.6) is 11.5 Å². The van der Waals surface area contributed by atoms with Crippen molar-refractivity contribution in [2.75, 3.05) is 24.4 Å². The normalized spacial score (nSPS) is 10.6. The monoisotopic (exact) mass is 486 g/mol. The Balaban J connectivity index is 1.70. The number of ether oxygens (including phenoxy) is 2. The summed E-state index contributed by atoms with van der Waals surface area (Å²) in [5.74, 6) is -0.658.